The van der Waals surface area contributed by atoms with Crippen molar-refractivity contribution in [2.45, 2.75) is 34.6 Å². The second-order valence-corrected chi connectivity index (χ2v) is 4.53. The minimum atomic E-state index is 0.105. The van der Waals surface area contributed by atoms with Gasteiger partial charge in [-0.15, -0.1) is 0 Å². The van der Waals surface area contributed by atoms with Crippen LogP contribution in [0.3, 0.4) is 0 Å². The molecule has 1 rings (SSSR count). The van der Waals surface area contributed by atoms with Crippen LogP contribution in [0.1, 0.15) is 34.6 Å². The van der Waals surface area contributed by atoms with Crippen LogP contribution in [0.4, 0.5) is 0 Å². The molecule has 2 heteroatoms. The summed E-state index contributed by atoms with van der Waals surface area (Å²) in [5.74, 6) is 0.566. The largest absolute Gasteiger partial charge is 0.325 e. The molecule has 15 heavy (non-hydrogen) atoms. The summed E-state index contributed by atoms with van der Waals surface area (Å²) in [6.07, 6.45) is 10.2. The topological polar surface area (TPSA) is 20.2 Å². The number of rotatable bonds is 2. The Morgan fingerprint density at radius 2 is 1.87 bits per heavy atom. The van der Waals surface area contributed by atoms with E-state index in [1.807, 2.05) is 32.1 Å². The normalized spacial score (nSPS) is 24.3. The number of allylic oxidation sites excluding steroid dienone is 5. The average Bonchev–Trinajstić information content (AvgIpc) is 2.44. The van der Waals surface area contributed by atoms with Crippen molar-refractivity contribution in [2.75, 3.05) is 0 Å². The van der Waals surface area contributed by atoms with Crippen LogP contribution in [0.5, 0.6) is 0 Å². The Kier molecular flexibility index (Phi) is 6.70. The maximum atomic E-state index is 8.89. The minimum Gasteiger partial charge on any atom is -0.325 e. The van der Waals surface area contributed by atoms with Crippen molar-refractivity contribution >= 4 is 12.0 Å². The third kappa shape index (κ3) is 4.27. The van der Waals surface area contributed by atoms with E-state index in [0.29, 0.717) is 5.92 Å². The van der Waals surface area contributed by atoms with Gasteiger partial charge >= 0.3 is 0 Å². The third-order valence-electron chi connectivity index (χ3n) is 2.67. The molecule has 0 aromatic heterocycles. The highest BCUT2D eigenvalue weighted by molar-refractivity contribution is 7.97. The van der Waals surface area contributed by atoms with Crippen LogP contribution in [-0.4, -0.2) is 4.55 Å². The molecule has 1 unspecified atom stereocenters. The molecule has 1 aliphatic carbocycles. The van der Waals surface area contributed by atoms with E-state index < -0.39 is 0 Å². The van der Waals surface area contributed by atoms with E-state index in [9.17, 15) is 0 Å². The van der Waals surface area contributed by atoms with Crippen molar-refractivity contribution in [1.82, 2.24) is 0 Å². The standard InChI is InChI=1S/C11H16OS.C2H6/c1-9(2)11(3)7-4-5-10(13-12)6-8-11;1-2/h4-9,12H,1-3H3;1-2H3. The number of hydrogen-bond acceptors (Lipinski definition) is 2. The summed E-state index contributed by atoms with van der Waals surface area (Å²) in [6.45, 7) is 10.6. The summed E-state index contributed by atoms with van der Waals surface area (Å²) in [4.78, 5) is 0.889. The van der Waals surface area contributed by atoms with Gasteiger partial charge < -0.3 is 4.55 Å². The Labute approximate surface area is 98.2 Å². The molecule has 0 amide bonds. The van der Waals surface area contributed by atoms with Crippen LogP contribution in [-0.2, 0) is 0 Å². The molecule has 0 spiro atoms. The van der Waals surface area contributed by atoms with Gasteiger partial charge in [-0.25, -0.2) is 0 Å². The van der Waals surface area contributed by atoms with Gasteiger partial charge in [-0.1, -0.05) is 52.8 Å². The van der Waals surface area contributed by atoms with E-state index in [4.69, 9.17) is 4.55 Å². The van der Waals surface area contributed by atoms with Crippen molar-refractivity contribution in [3.05, 3.63) is 35.3 Å². The van der Waals surface area contributed by atoms with Gasteiger partial charge in [-0.3, -0.25) is 0 Å². The lowest BCUT2D eigenvalue weighted by molar-refractivity contribution is 0.383. The van der Waals surface area contributed by atoms with Gasteiger partial charge in [0.15, 0.2) is 0 Å². The highest BCUT2D eigenvalue weighted by Gasteiger charge is 2.22. The molecular weight excluding hydrogens is 204 g/mol. The highest BCUT2D eigenvalue weighted by Crippen LogP contribution is 2.33. The van der Waals surface area contributed by atoms with Gasteiger partial charge in [0.25, 0.3) is 0 Å². The first-order valence-corrected chi connectivity index (χ1v) is 6.26. The molecule has 0 bridgehead atoms. The molecule has 1 atom stereocenters. The minimum absolute atomic E-state index is 0.105. The molecule has 86 valence electrons. The molecule has 0 aromatic rings. The SMILES string of the molecule is CC.CC(C)C1(C)C=CC=C(SO)C=C1. The molecule has 1 N–H and O–H groups in total. The van der Waals surface area contributed by atoms with E-state index in [2.05, 4.69) is 32.9 Å². The highest BCUT2D eigenvalue weighted by atomic mass is 32.2. The van der Waals surface area contributed by atoms with Crippen molar-refractivity contribution < 1.29 is 4.55 Å². The average molecular weight is 226 g/mol. The first-order valence-electron chi connectivity index (χ1n) is 5.48. The van der Waals surface area contributed by atoms with Gasteiger partial charge in [-0.05, 0) is 18.1 Å². The Morgan fingerprint density at radius 1 is 1.27 bits per heavy atom. The fraction of sp³-hybridized carbons (Fsp3) is 0.538. The molecule has 0 saturated carbocycles. The zero-order chi connectivity index (χ0) is 11.9. The van der Waals surface area contributed by atoms with E-state index in [1.54, 1.807) is 0 Å². The van der Waals surface area contributed by atoms with E-state index in [0.717, 1.165) is 16.9 Å². The van der Waals surface area contributed by atoms with E-state index in [-0.39, 0.29) is 5.41 Å². The van der Waals surface area contributed by atoms with Gasteiger partial charge in [0.1, 0.15) is 0 Å². The van der Waals surface area contributed by atoms with Crippen LogP contribution in [0.2, 0.25) is 0 Å². The zero-order valence-corrected chi connectivity index (χ0v) is 11.1. The quantitative estimate of drug-likeness (QED) is 0.676. The fourth-order valence-corrected chi connectivity index (χ4v) is 1.44. The van der Waals surface area contributed by atoms with Gasteiger partial charge in [0.05, 0.1) is 0 Å². The van der Waals surface area contributed by atoms with Crippen molar-refractivity contribution in [1.29, 1.82) is 0 Å². The summed E-state index contributed by atoms with van der Waals surface area (Å²) < 4.78 is 8.89. The van der Waals surface area contributed by atoms with Gasteiger partial charge in [0, 0.05) is 22.4 Å². The van der Waals surface area contributed by atoms with Crippen LogP contribution in [0.25, 0.3) is 0 Å². The predicted octanol–water partition coefficient (Wildman–Crippen LogP) is 4.89. The van der Waals surface area contributed by atoms with Crippen molar-refractivity contribution in [3.63, 3.8) is 0 Å². The van der Waals surface area contributed by atoms with Crippen LogP contribution in [0.15, 0.2) is 35.3 Å². The van der Waals surface area contributed by atoms with Crippen LogP contribution >= 0.6 is 12.0 Å². The molecule has 0 aromatic carbocycles. The second-order valence-electron chi connectivity index (χ2n) is 3.87. The summed E-state index contributed by atoms with van der Waals surface area (Å²) in [5.41, 5.74) is 0.105. The first kappa shape index (κ1) is 14.5. The number of hydrogen-bond donors (Lipinski definition) is 1. The van der Waals surface area contributed by atoms with Crippen molar-refractivity contribution in [3.8, 4) is 0 Å². The van der Waals surface area contributed by atoms with Gasteiger partial charge in [-0.2, -0.15) is 0 Å². The Bertz CT molecular complexity index is 264. The molecule has 1 nitrogen and oxygen atoms in total. The maximum Gasteiger partial charge on any atom is 0.0347 e. The van der Waals surface area contributed by atoms with Crippen LogP contribution in [0, 0.1) is 11.3 Å². The summed E-state index contributed by atoms with van der Waals surface area (Å²) in [7, 11) is 0. The van der Waals surface area contributed by atoms with Crippen LogP contribution < -0.4 is 0 Å². The lowest BCUT2D eigenvalue weighted by Gasteiger charge is -2.26. The lowest BCUT2D eigenvalue weighted by atomic mass is 9.79. The molecule has 0 heterocycles. The Balaban J connectivity index is 0.000000921. The predicted molar refractivity (Wildman–Crippen MR) is 70.9 cm³/mol. The first-order chi connectivity index (χ1) is 7.08. The Morgan fingerprint density at radius 3 is 2.33 bits per heavy atom. The lowest BCUT2D eigenvalue weighted by Crippen LogP contribution is -2.17. The van der Waals surface area contributed by atoms with Gasteiger partial charge in [0.2, 0.25) is 0 Å². The summed E-state index contributed by atoms with van der Waals surface area (Å²) in [5, 5.41) is 0. The third-order valence-corrected chi connectivity index (χ3v) is 3.15. The zero-order valence-electron chi connectivity index (χ0n) is 10.3. The molecule has 0 fully saturated rings. The monoisotopic (exact) mass is 226 g/mol. The fourth-order valence-electron chi connectivity index (χ4n) is 1.17. The molecule has 0 saturated heterocycles. The summed E-state index contributed by atoms with van der Waals surface area (Å²) >= 11 is 0.795. The maximum absolute atomic E-state index is 8.89. The van der Waals surface area contributed by atoms with E-state index >= 15 is 0 Å². The molecule has 0 radical (unpaired) electrons. The van der Waals surface area contributed by atoms with Crippen molar-refractivity contribution in [2.24, 2.45) is 11.3 Å². The Hall–Kier alpha value is -0.470. The summed E-state index contributed by atoms with van der Waals surface area (Å²) in [6, 6.07) is 0. The second kappa shape index (κ2) is 6.91. The molecular formula is C13H22OS. The smallest absolute Gasteiger partial charge is 0.0347 e. The molecule has 0 aliphatic heterocycles. The molecule has 1 aliphatic rings. The van der Waals surface area contributed by atoms with E-state index in [1.165, 1.54) is 0 Å².